The zero-order chi connectivity index (χ0) is 21.4. The molecule has 0 aliphatic heterocycles. The van der Waals surface area contributed by atoms with Gasteiger partial charge in [-0.2, -0.15) is 0 Å². The van der Waals surface area contributed by atoms with Crippen molar-refractivity contribution in [2.45, 2.75) is 13.0 Å². The average Bonchev–Trinajstić information content (AvgIpc) is 2.68. The number of rotatable bonds is 9. The van der Waals surface area contributed by atoms with Crippen molar-refractivity contribution in [3.8, 4) is 11.5 Å². The Kier molecular flexibility index (Phi) is 7.72. The zero-order valence-electron chi connectivity index (χ0n) is 17.1. The van der Waals surface area contributed by atoms with E-state index in [9.17, 15) is 13.2 Å². The van der Waals surface area contributed by atoms with Gasteiger partial charge in [-0.25, -0.2) is 13.2 Å². The van der Waals surface area contributed by atoms with Crippen molar-refractivity contribution in [2.75, 3.05) is 38.8 Å². The highest BCUT2D eigenvalue weighted by molar-refractivity contribution is 7.92. The molecule has 2 amide bonds. The van der Waals surface area contributed by atoms with Crippen LogP contribution in [0.15, 0.2) is 42.5 Å². The van der Waals surface area contributed by atoms with E-state index < -0.39 is 10.0 Å². The number of anilines is 1. The molecule has 0 radical (unpaired) electrons. The predicted octanol–water partition coefficient (Wildman–Crippen LogP) is 2.46. The summed E-state index contributed by atoms with van der Waals surface area (Å²) in [5, 5.41) is 2.83. The van der Waals surface area contributed by atoms with Gasteiger partial charge in [0.25, 0.3) is 0 Å². The Balaban J connectivity index is 1.87. The van der Waals surface area contributed by atoms with Crippen LogP contribution in [-0.2, 0) is 23.0 Å². The Morgan fingerprint density at radius 3 is 2.41 bits per heavy atom. The minimum atomic E-state index is -3.34. The fourth-order valence-corrected chi connectivity index (χ4v) is 3.26. The summed E-state index contributed by atoms with van der Waals surface area (Å²) in [6.07, 6.45) is 1.76. The van der Waals surface area contributed by atoms with Crippen LogP contribution in [0.1, 0.15) is 11.1 Å². The SMILES string of the molecule is COc1ccc(CCN(C)C(=O)NCc2cccc(NS(C)(=O)=O)c2)cc1OC. The van der Waals surface area contributed by atoms with Gasteiger partial charge in [-0.3, -0.25) is 4.72 Å². The van der Waals surface area contributed by atoms with Crippen LogP contribution in [0, 0.1) is 0 Å². The van der Waals surface area contributed by atoms with E-state index >= 15 is 0 Å². The fraction of sp³-hybridized carbons (Fsp3) is 0.350. The van der Waals surface area contributed by atoms with E-state index in [1.165, 1.54) is 0 Å². The summed E-state index contributed by atoms with van der Waals surface area (Å²) < 4.78 is 35.6. The average molecular weight is 422 g/mol. The number of benzene rings is 2. The molecule has 158 valence electrons. The summed E-state index contributed by atoms with van der Waals surface area (Å²) in [5.74, 6) is 1.31. The molecule has 9 heteroatoms. The first-order valence-corrected chi connectivity index (χ1v) is 10.9. The van der Waals surface area contributed by atoms with Crippen molar-refractivity contribution in [3.05, 3.63) is 53.6 Å². The maximum absolute atomic E-state index is 12.3. The van der Waals surface area contributed by atoms with Crippen LogP contribution in [-0.4, -0.2) is 53.4 Å². The first-order chi connectivity index (χ1) is 13.7. The Labute approximate surface area is 171 Å². The van der Waals surface area contributed by atoms with E-state index in [2.05, 4.69) is 10.0 Å². The highest BCUT2D eigenvalue weighted by Crippen LogP contribution is 2.27. The summed E-state index contributed by atoms with van der Waals surface area (Å²) >= 11 is 0. The Hall–Kier alpha value is -2.94. The molecule has 0 saturated heterocycles. The van der Waals surface area contributed by atoms with Gasteiger partial charge in [0.1, 0.15) is 0 Å². The number of nitrogens with zero attached hydrogens (tertiary/aromatic N) is 1. The van der Waals surface area contributed by atoms with Crippen molar-refractivity contribution in [1.82, 2.24) is 10.2 Å². The molecule has 29 heavy (non-hydrogen) atoms. The minimum Gasteiger partial charge on any atom is -0.493 e. The van der Waals surface area contributed by atoms with Crippen molar-refractivity contribution in [1.29, 1.82) is 0 Å². The van der Waals surface area contributed by atoms with Crippen LogP contribution in [0.25, 0.3) is 0 Å². The van der Waals surface area contributed by atoms with Crippen LogP contribution < -0.4 is 19.5 Å². The maximum Gasteiger partial charge on any atom is 0.317 e. The van der Waals surface area contributed by atoms with Crippen molar-refractivity contribution in [2.24, 2.45) is 0 Å². The predicted molar refractivity (Wildman–Crippen MR) is 113 cm³/mol. The third-order valence-electron chi connectivity index (χ3n) is 4.20. The molecule has 0 aliphatic carbocycles. The molecule has 2 aromatic carbocycles. The quantitative estimate of drug-likeness (QED) is 0.648. The molecular weight excluding hydrogens is 394 g/mol. The first-order valence-electron chi connectivity index (χ1n) is 8.98. The van der Waals surface area contributed by atoms with E-state index in [-0.39, 0.29) is 6.03 Å². The number of methoxy groups -OCH3 is 2. The molecule has 0 unspecified atom stereocenters. The lowest BCUT2D eigenvalue weighted by molar-refractivity contribution is 0.209. The summed E-state index contributed by atoms with van der Waals surface area (Å²) in [7, 11) is 1.55. The summed E-state index contributed by atoms with van der Waals surface area (Å²) in [6.45, 7) is 0.815. The van der Waals surface area contributed by atoms with Crippen LogP contribution in [0.2, 0.25) is 0 Å². The van der Waals surface area contributed by atoms with Crippen LogP contribution in [0.4, 0.5) is 10.5 Å². The third kappa shape index (κ3) is 7.19. The van der Waals surface area contributed by atoms with Crippen molar-refractivity contribution < 1.29 is 22.7 Å². The number of hydrogen-bond donors (Lipinski definition) is 2. The summed E-state index contributed by atoms with van der Waals surface area (Å²) in [4.78, 5) is 13.9. The molecule has 2 aromatic rings. The van der Waals surface area contributed by atoms with E-state index in [0.29, 0.717) is 36.7 Å². The number of carbonyl (C=O) groups excluding carboxylic acids is 1. The van der Waals surface area contributed by atoms with Gasteiger partial charge < -0.3 is 19.7 Å². The molecule has 0 spiro atoms. The molecule has 2 rings (SSSR count). The highest BCUT2D eigenvalue weighted by atomic mass is 32.2. The van der Waals surface area contributed by atoms with Gasteiger partial charge in [0, 0.05) is 25.8 Å². The second-order valence-corrected chi connectivity index (χ2v) is 8.34. The molecule has 0 atom stereocenters. The maximum atomic E-state index is 12.3. The normalized spacial score (nSPS) is 10.9. The third-order valence-corrected chi connectivity index (χ3v) is 4.81. The Bertz CT molecular complexity index is 947. The van der Waals surface area contributed by atoms with Crippen molar-refractivity contribution in [3.63, 3.8) is 0 Å². The number of likely N-dealkylation sites (N-methyl/N-ethyl adjacent to an activating group) is 1. The molecule has 0 bridgehead atoms. The lowest BCUT2D eigenvalue weighted by Crippen LogP contribution is -2.38. The Morgan fingerprint density at radius 1 is 1.03 bits per heavy atom. The monoisotopic (exact) mass is 421 g/mol. The van der Waals surface area contributed by atoms with E-state index in [4.69, 9.17) is 9.47 Å². The van der Waals surface area contributed by atoms with Crippen molar-refractivity contribution >= 4 is 21.7 Å². The number of urea groups is 1. The zero-order valence-corrected chi connectivity index (χ0v) is 17.9. The van der Waals surface area contributed by atoms with Gasteiger partial charge in [0.05, 0.1) is 20.5 Å². The highest BCUT2D eigenvalue weighted by Gasteiger charge is 2.10. The fourth-order valence-electron chi connectivity index (χ4n) is 2.71. The number of nitrogens with one attached hydrogen (secondary N) is 2. The van der Waals surface area contributed by atoms with Gasteiger partial charge in [0.2, 0.25) is 10.0 Å². The number of amides is 2. The van der Waals surface area contributed by atoms with E-state index in [0.717, 1.165) is 17.4 Å². The number of hydrogen-bond acceptors (Lipinski definition) is 5. The van der Waals surface area contributed by atoms with Gasteiger partial charge in [-0.1, -0.05) is 18.2 Å². The number of carbonyl (C=O) groups is 1. The van der Waals surface area contributed by atoms with Crippen LogP contribution >= 0.6 is 0 Å². The Morgan fingerprint density at radius 2 is 1.76 bits per heavy atom. The largest absolute Gasteiger partial charge is 0.493 e. The topological polar surface area (TPSA) is 97.0 Å². The molecule has 0 aliphatic rings. The minimum absolute atomic E-state index is 0.216. The van der Waals surface area contributed by atoms with E-state index in [1.807, 2.05) is 24.3 Å². The second kappa shape index (κ2) is 10.0. The molecule has 0 aromatic heterocycles. The molecule has 2 N–H and O–H groups in total. The summed E-state index contributed by atoms with van der Waals surface area (Å²) in [6, 6.07) is 12.3. The van der Waals surface area contributed by atoms with E-state index in [1.54, 1.807) is 44.4 Å². The molecular formula is C20H27N3O5S. The van der Waals surface area contributed by atoms with Gasteiger partial charge >= 0.3 is 6.03 Å². The molecule has 0 fully saturated rings. The number of ether oxygens (including phenoxy) is 2. The number of sulfonamides is 1. The lowest BCUT2D eigenvalue weighted by Gasteiger charge is -2.18. The summed E-state index contributed by atoms with van der Waals surface area (Å²) in [5.41, 5.74) is 2.28. The molecule has 8 nitrogen and oxygen atoms in total. The lowest BCUT2D eigenvalue weighted by atomic mass is 10.1. The van der Waals surface area contributed by atoms with Gasteiger partial charge in [-0.05, 0) is 41.8 Å². The molecule has 0 heterocycles. The van der Waals surface area contributed by atoms with Gasteiger partial charge in [-0.15, -0.1) is 0 Å². The smallest absolute Gasteiger partial charge is 0.317 e. The van der Waals surface area contributed by atoms with Gasteiger partial charge in [0.15, 0.2) is 11.5 Å². The molecule has 0 saturated carbocycles. The second-order valence-electron chi connectivity index (χ2n) is 6.59. The van der Waals surface area contributed by atoms with Crippen LogP contribution in [0.3, 0.4) is 0 Å². The van der Waals surface area contributed by atoms with Crippen LogP contribution in [0.5, 0.6) is 11.5 Å². The first kappa shape index (κ1) is 22.4. The standard InChI is InChI=1S/C20H27N3O5S/c1-23(11-10-15-8-9-18(27-2)19(13-15)28-3)20(24)21-14-16-6-5-7-17(12-16)22-29(4,25)26/h5-9,12-13,22H,10-11,14H2,1-4H3,(H,21,24).